The van der Waals surface area contributed by atoms with E-state index in [1.807, 2.05) is 0 Å². The van der Waals surface area contributed by atoms with Gasteiger partial charge in [0.1, 0.15) is 0 Å². The van der Waals surface area contributed by atoms with E-state index in [1.165, 1.54) is 42.7 Å². The van der Waals surface area contributed by atoms with E-state index < -0.39 is 0 Å². The van der Waals surface area contributed by atoms with Crippen LogP contribution in [-0.4, -0.2) is 4.98 Å². The zero-order valence-corrected chi connectivity index (χ0v) is 11.9. The maximum atomic E-state index is 5.84. The van der Waals surface area contributed by atoms with Gasteiger partial charge >= 0.3 is 0 Å². The highest BCUT2D eigenvalue weighted by molar-refractivity contribution is 7.15. The van der Waals surface area contributed by atoms with E-state index >= 15 is 0 Å². The van der Waals surface area contributed by atoms with Crippen molar-refractivity contribution in [1.82, 2.24) is 4.98 Å². The van der Waals surface area contributed by atoms with Crippen molar-refractivity contribution >= 4 is 16.5 Å². The summed E-state index contributed by atoms with van der Waals surface area (Å²) in [5, 5.41) is 0.756. The summed E-state index contributed by atoms with van der Waals surface area (Å²) in [7, 11) is 0. The van der Waals surface area contributed by atoms with Gasteiger partial charge in [-0.05, 0) is 75.0 Å². The number of thiazole rings is 1. The van der Waals surface area contributed by atoms with Crippen LogP contribution < -0.4 is 5.73 Å². The van der Waals surface area contributed by atoms with Crippen molar-refractivity contribution in [3.8, 4) is 0 Å². The van der Waals surface area contributed by atoms with Gasteiger partial charge in [-0.15, -0.1) is 11.3 Å². The molecular weight excluding hydrogens is 240 g/mol. The first-order valence-electron chi connectivity index (χ1n) is 7.41. The normalized spacial score (nSPS) is 41.5. The minimum atomic E-state index is 0.756. The fourth-order valence-corrected chi connectivity index (χ4v) is 6.13. The molecule has 2 N–H and O–H groups in total. The quantitative estimate of drug-likeness (QED) is 0.883. The monoisotopic (exact) mass is 262 g/mol. The first kappa shape index (κ1) is 11.3. The highest BCUT2D eigenvalue weighted by Crippen LogP contribution is 2.57. The Labute approximate surface area is 113 Å². The molecule has 3 heteroatoms. The fraction of sp³-hybridized carbons (Fsp3) is 0.800. The molecule has 0 radical (unpaired) electrons. The van der Waals surface area contributed by atoms with Crippen molar-refractivity contribution in [3.63, 3.8) is 0 Å². The molecule has 0 amide bonds. The molecule has 0 unspecified atom stereocenters. The molecule has 4 aliphatic carbocycles. The van der Waals surface area contributed by atoms with E-state index in [-0.39, 0.29) is 0 Å². The lowest BCUT2D eigenvalue weighted by Crippen LogP contribution is -2.45. The van der Waals surface area contributed by atoms with Gasteiger partial charge in [-0.3, -0.25) is 0 Å². The largest absolute Gasteiger partial charge is 0.375 e. The number of aromatic nitrogens is 1. The Bertz CT molecular complexity index is 437. The molecule has 4 fully saturated rings. The number of hydrogen-bond acceptors (Lipinski definition) is 3. The molecule has 18 heavy (non-hydrogen) atoms. The van der Waals surface area contributed by atoms with Crippen LogP contribution in [0.25, 0.3) is 0 Å². The first-order chi connectivity index (χ1) is 8.69. The summed E-state index contributed by atoms with van der Waals surface area (Å²) in [6, 6.07) is 0. The van der Waals surface area contributed by atoms with Gasteiger partial charge in [-0.25, -0.2) is 4.98 Å². The predicted molar refractivity (Wildman–Crippen MR) is 75.5 cm³/mol. The SMILES string of the molecule is Cc1nc(N)sc1CC1C2CC3CC(C2)CC1C3. The van der Waals surface area contributed by atoms with E-state index in [2.05, 4.69) is 11.9 Å². The molecule has 0 aromatic carbocycles. The van der Waals surface area contributed by atoms with Crippen LogP contribution in [0.5, 0.6) is 0 Å². The van der Waals surface area contributed by atoms with Gasteiger partial charge in [-0.1, -0.05) is 0 Å². The smallest absolute Gasteiger partial charge is 0.180 e. The van der Waals surface area contributed by atoms with Crippen molar-refractivity contribution in [2.24, 2.45) is 29.6 Å². The predicted octanol–water partition coefficient (Wildman–Crippen LogP) is 3.65. The molecule has 2 nitrogen and oxygen atoms in total. The second-order valence-electron chi connectivity index (χ2n) is 6.86. The summed E-state index contributed by atoms with van der Waals surface area (Å²) in [6.45, 7) is 2.12. The number of nitrogens with zero attached hydrogens (tertiary/aromatic N) is 1. The van der Waals surface area contributed by atoms with E-state index in [1.54, 1.807) is 17.8 Å². The standard InChI is InChI=1S/C15H22N2S/c1-8-14(18-15(16)17-8)7-13-11-3-9-2-10(5-11)6-12(13)4-9/h9-13H,2-7H2,1H3,(H2,16,17). The van der Waals surface area contributed by atoms with Gasteiger partial charge in [0.15, 0.2) is 5.13 Å². The van der Waals surface area contributed by atoms with Crippen LogP contribution in [0.1, 0.15) is 42.7 Å². The minimum Gasteiger partial charge on any atom is -0.375 e. The van der Waals surface area contributed by atoms with Crippen LogP contribution in [0.4, 0.5) is 5.13 Å². The van der Waals surface area contributed by atoms with Gasteiger partial charge < -0.3 is 5.73 Å². The van der Waals surface area contributed by atoms with Gasteiger partial charge in [0.2, 0.25) is 0 Å². The maximum Gasteiger partial charge on any atom is 0.180 e. The third-order valence-corrected chi connectivity index (χ3v) is 6.76. The molecule has 0 atom stereocenters. The van der Waals surface area contributed by atoms with Gasteiger partial charge in [0, 0.05) is 4.88 Å². The summed E-state index contributed by atoms with van der Waals surface area (Å²) in [5.74, 6) is 5.14. The highest BCUT2D eigenvalue weighted by Gasteiger charge is 2.48. The summed E-state index contributed by atoms with van der Waals surface area (Å²) in [6.07, 6.45) is 8.88. The molecule has 4 aliphatic rings. The molecule has 4 bridgehead atoms. The maximum absolute atomic E-state index is 5.84. The van der Waals surface area contributed by atoms with Crippen LogP contribution in [0.2, 0.25) is 0 Å². The number of rotatable bonds is 2. The molecule has 1 aromatic rings. The highest BCUT2D eigenvalue weighted by atomic mass is 32.1. The van der Waals surface area contributed by atoms with Gasteiger partial charge in [0.25, 0.3) is 0 Å². The van der Waals surface area contributed by atoms with Crippen LogP contribution in [-0.2, 0) is 6.42 Å². The van der Waals surface area contributed by atoms with Crippen LogP contribution in [0.3, 0.4) is 0 Å². The summed E-state index contributed by atoms with van der Waals surface area (Å²) < 4.78 is 0. The first-order valence-corrected chi connectivity index (χ1v) is 8.22. The van der Waals surface area contributed by atoms with Gasteiger partial charge in [0.05, 0.1) is 5.69 Å². The fourth-order valence-electron chi connectivity index (χ4n) is 5.23. The third-order valence-electron chi connectivity index (χ3n) is 5.75. The van der Waals surface area contributed by atoms with Crippen molar-refractivity contribution in [3.05, 3.63) is 10.6 Å². The zero-order valence-electron chi connectivity index (χ0n) is 11.1. The van der Waals surface area contributed by atoms with E-state index in [9.17, 15) is 0 Å². The number of nitrogens with two attached hydrogens (primary N) is 1. The summed E-state index contributed by atoms with van der Waals surface area (Å²) in [4.78, 5) is 5.85. The van der Waals surface area contributed by atoms with Crippen LogP contribution >= 0.6 is 11.3 Å². The van der Waals surface area contributed by atoms with Crippen molar-refractivity contribution in [2.45, 2.75) is 45.4 Å². The summed E-state index contributed by atoms with van der Waals surface area (Å²) in [5.41, 5.74) is 7.02. The Balaban J connectivity index is 1.57. The van der Waals surface area contributed by atoms with Crippen molar-refractivity contribution in [2.75, 3.05) is 5.73 Å². The molecule has 1 heterocycles. The average Bonchev–Trinajstić information content (AvgIpc) is 2.61. The van der Waals surface area contributed by atoms with Crippen LogP contribution in [0.15, 0.2) is 0 Å². The molecule has 4 saturated carbocycles. The Hall–Kier alpha value is -0.570. The molecule has 1 aromatic heterocycles. The zero-order chi connectivity index (χ0) is 12.3. The Kier molecular flexibility index (Phi) is 2.48. The minimum absolute atomic E-state index is 0.756. The lowest BCUT2D eigenvalue weighted by Gasteiger charge is -2.54. The van der Waals surface area contributed by atoms with Crippen molar-refractivity contribution in [1.29, 1.82) is 0 Å². The Morgan fingerprint density at radius 1 is 1.11 bits per heavy atom. The molecule has 5 rings (SSSR count). The molecular formula is C15H22N2S. The Morgan fingerprint density at radius 2 is 1.72 bits per heavy atom. The van der Waals surface area contributed by atoms with E-state index in [4.69, 9.17) is 5.73 Å². The van der Waals surface area contributed by atoms with E-state index in [0.29, 0.717) is 0 Å². The molecule has 98 valence electrons. The second-order valence-corrected chi connectivity index (χ2v) is 7.97. The molecule has 0 spiro atoms. The van der Waals surface area contributed by atoms with Crippen molar-refractivity contribution < 1.29 is 0 Å². The molecule has 0 saturated heterocycles. The number of hydrogen-bond donors (Lipinski definition) is 1. The summed E-state index contributed by atoms with van der Waals surface area (Å²) >= 11 is 1.73. The van der Waals surface area contributed by atoms with Gasteiger partial charge in [-0.2, -0.15) is 0 Å². The lowest BCUT2D eigenvalue weighted by molar-refractivity contribution is -0.0357. The second kappa shape index (κ2) is 3.96. The average molecular weight is 262 g/mol. The number of nitrogen functional groups attached to an aromatic ring is 1. The third kappa shape index (κ3) is 1.70. The molecule has 0 aliphatic heterocycles. The van der Waals surface area contributed by atoms with Crippen LogP contribution in [0, 0.1) is 36.5 Å². The lowest BCUT2D eigenvalue weighted by atomic mass is 9.51. The topological polar surface area (TPSA) is 38.9 Å². The Morgan fingerprint density at radius 3 is 2.22 bits per heavy atom. The number of aryl methyl sites for hydroxylation is 1. The van der Waals surface area contributed by atoms with E-state index in [0.717, 1.165) is 34.7 Å². The number of anilines is 1.